The van der Waals surface area contributed by atoms with E-state index in [1.54, 1.807) is 38.1 Å². The summed E-state index contributed by atoms with van der Waals surface area (Å²) in [6, 6.07) is 16.4. The predicted octanol–water partition coefficient (Wildman–Crippen LogP) is 3.63. The lowest BCUT2D eigenvalue weighted by Crippen LogP contribution is -2.53. The van der Waals surface area contributed by atoms with Gasteiger partial charge < -0.3 is 9.84 Å². The van der Waals surface area contributed by atoms with Crippen molar-refractivity contribution in [1.82, 2.24) is 4.72 Å². The SMILES string of the molecule is CC1(C)OC(=NCC(CCO)c2ccccc2)NS(=O)(=O)C1c1cccc(Cl)c1. The van der Waals surface area contributed by atoms with E-state index in [1.165, 1.54) is 0 Å². The van der Waals surface area contributed by atoms with Gasteiger partial charge in [-0.15, -0.1) is 0 Å². The summed E-state index contributed by atoms with van der Waals surface area (Å²) in [6.07, 6.45) is 0.516. The van der Waals surface area contributed by atoms with E-state index in [2.05, 4.69) is 9.71 Å². The van der Waals surface area contributed by atoms with Crippen LogP contribution in [0.25, 0.3) is 0 Å². The van der Waals surface area contributed by atoms with E-state index >= 15 is 0 Å². The van der Waals surface area contributed by atoms with Gasteiger partial charge in [0.15, 0.2) is 0 Å². The Labute approximate surface area is 176 Å². The summed E-state index contributed by atoms with van der Waals surface area (Å²) in [4.78, 5) is 4.38. The number of hydrogen-bond acceptors (Lipinski definition) is 5. The van der Waals surface area contributed by atoms with Crippen LogP contribution in [0.3, 0.4) is 0 Å². The van der Waals surface area contributed by atoms with E-state index in [1.807, 2.05) is 30.3 Å². The number of hydrogen-bond donors (Lipinski definition) is 2. The summed E-state index contributed by atoms with van der Waals surface area (Å²) < 4.78 is 34.4. The lowest BCUT2D eigenvalue weighted by atomic mass is 9.96. The average Bonchev–Trinajstić information content (AvgIpc) is 2.64. The summed E-state index contributed by atoms with van der Waals surface area (Å²) in [5.41, 5.74) is 0.532. The Morgan fingerprint density at radius 3 is 2.55 bits per heavy atom. The molecule has 0 radical (unpaired) electrons. The van der Waals surface area contributed by atoms with Gasteiger partial charge in [0.05, 0.1) is 6.54 Å². The number of ether oxygens (including phenoxy) is 1. The largest absolute Gasteiger partial charge is 0.457 e. The van der Waals surface area contributed by atoms with Gasteiger partial charge in [-0.1, -0.05) is 54.1 Å². The van der Waals surface area contributed by atoms with Gasteiger partial charge in [0, 0.05) is 17.5 Å². The minimum atomic E-state index is -3.79. The Morgan fingerprint density at radius 1 is 1.21 bits per heavy atom. The smallest absolute Gasteiger partial charge is 0.299 e. The Bertz CT molecular complexity index is 977. The van der Waals surface area contributed by atoms with Crippen molar-refractivity contribution in [2.75, 3.05) is 13.2 Å². The number of aliphatic hydroxyl groups excluding tert-OH is 1. The fraction of sp³-hybridized carbons (Fsp3) is 0.381. The number of aliphatic imine (C=N–C) groups is 1. The van der Waals surface area contributed by atoms with Crippen LogP contribution >= 0.6 is 11.6 Å². The van der Waals surface area contributed by atoms with Crippen LogP contribution in [0.15, 0.2) is 59.6 Å². The molecule has 1 saturated heterocycles. The highest BCUT2D eigenvalue weighted by Gasteiger charge is 2.48. The molecule has 0 bridgehead atoms. The van der Waals surface area contributed by atoms with Gasteiger partial charge in [-0.2, -0.15) is 0 Å². The third-order valence-corrected chi connectivity index (χ3v) is 7.04. The highest BCUT2D eigenvalue weighted by atomic mass is 35.5. The van der Waals surface area contributed by atoms with Crippen molar-refractivity contribution in [3.05, 3.63) is 70.7 Å². The maximum Gasteiger partial charge on any atom is 0.299 e. The number of nitrogens with zero attached hydrogens (tertiary/aromatic N) is 1. The molecule has 1 aliphatic heterocycles. The molecule has 1 fully saturated rings. The van der Waals surface area contributed by atoms with Gasteiger partial charge in [0.1, 0.15) is 10.9 Å². The highest BCUT2D eigenvalue weighted by Crippen LogP contribution is 2.39. The van der Waals surface area contributed by atoms with Crippen molar-refractivity contribution in [2.45, 2.75) is 37.0 Å². The molecule has 0 aliphatic carbocycles. The quantitative estimate of drug-likeness (QED) is 0.723. The minimum Gasteiger partial charge on any atom is -0.457 e. The van der Waals surface area contributed by atoms with Crippen LogP contribution in [0.2, 0.25) is 5.02 Å². The molecule has 0 amide bonds. The third-order valence-electron chi connectivity index (χ3n) is 4.89. The van der Waals surface area contributed by atoms with E-state index in [0.29, 0.717) is 23.6 Å². The van der Waals surface area contributed by atoms with E-state index in [0.717, 1.165) is 5.56 Å². The molecule has 0 saturated carbocycles. The maximum absolute atomic E-state index is 13.0. The first-order valence-electron chi connectivity index (χ1n) is 9.39. The predicted molar refractivity (Wildman–Crippen MR) is 115 cm³/mol. The molecule has 2 atom stereocenters. The van der Waals surface area contributed by atoms with Crippen LogP contribution in [-0.4, -0.2) is 38.3 Å². The molecule has 1 heterocycles. The zero-order chi connectivity index (χ0) is 21.1. The summed E-state index contributed by atoms with van der Waals surface area (Å²) in [6.45, 7) is 3.74. The van der Waals surface area contributed by atoms with Crippen molar-refractivity contribution in [3.8, 4) is 0 Å². The van der Waals surface area contributed by atoms with Gasteiger partial charge in [-0.3, -0.25) is 0 Å². The molecule has 8 heteroatoms. The van der Waals surface area contributed by atoms with Crippen molar-refractivity contribution >= 4 is 27.6 Å². The first-order valence-corrected chi connectivity index (χ1v) is 11.3. The highest BCUT2D eigenvalue weighted by molar-refractivity contribution is 7.90. The second-order valence-corrected chi connectivity index (χ2v) is 9.76. The molecule has 2 unspecified atom stereocenters. The Hall–Kier alpha value is -2.09. The summed E-state index contributed by atoms with van der Waals surface area (Å²) in [5.74, 6) is -0.0458. The summed E-state index contributed by atoms with van der Waals surface area (Å²) >= 11 is 6.05. The van der Waals surface area contributed by atoms with E-state index in [4.69, 9.17) is 16.3 Å². The van der Waals surface area contributed by atoms with Crippen LogP contribution in [0.1, 0.15) is 42.6 Å². The van der Waals surface area contributed by atoms with Crippen molar-refractivity contribution in [3.63, 3.8) is 0 Å². The van der Waals surface area contributed by atoms with Crippen LogP contribution in [0, 0.1) is 0 Å². The number of aliphatic hydroxyl groups is 1. The zero-order valence-electron chi connectivity index (χ0n) is 16.4. The number of benzene rings is 2. The summed E-state index contributed by atoms with van der Waals surface area (Å²) in [5, 5.41) is 8.91. The average molecular weight is 437 g/mol. The van der Waals surface area contributed by atoms with E-state index in [-0.39, 0.29) is 18.5 Å². The topological polar surface area (TPSA) is 88.0 Å². The molecular weight excluding hydrogens is 412 g/mol. The first-order chi connectivity index (χ1) is 13.7. The van der Waals surface area contributed by atoms with Gasteiger partial charge in [0.25, 0.3) is 6.02 Å². The normalized spacial score (nSPS) is 22.5. The fourth-order valence-corrected chi connectivity index (χ4v) is 5.60. The lowest BCUT2D eigenvalue weighted by molar-refractivity contribution is 0.0765. The first kappa shape index (κ1) is 21.6. The molecule has 1 aliphatic rings. The molecule has 0 aromatic heterocycles. The zero-order valence-corrected chi connectivity index (χ0v) is 17.9. The Balaban J connectivity index is 1.85. The monoisotopic (exact) mass is 436 g/mol. The van der Waals surface area contributed by atoms with Crippen LogP contribution in [0.4, 0.5) is 0 Å². The lowest BCUT2D eigenvalue weighted by Gasteiger charge is -2.39. The molecular formula is C21H25ClN2O4S. The molecule has 6 nitrogen and oxygen atoms in total. The maximum atomic E-state index is 13.0. The Morgan fingerprint density at radius 2 is 1.93 bits per heavy atom. The second kappa shape index (κ2) is 8.73. The van der Waals surface area contributed by atoms with Crippen LogP contribution in [0.5, 0.6) is 0 Å². The van der Waals surface area contributed by atoms with Gasteiger partial charge in [-0.05, 0) is 43.5 Å². The molecule has 29 heavy (non-hydrogen) atoms. The number of rotatable bonds is 6. The fourth-order valence-electron chi connectivity index (χ4n) is 3.63. The molecule has 2 aromatic carbocycles. The molecule has 0 spiro atoms. The molecule has 156 valence electrons. The minimum absolute atomic E-state index is 0.0132. The standard InChI is InChI=1S/C21H25ClN2O4S/c1-21(2)19(16-9-6-10-18(22)13-16)29(26,27)24-20(28-21)23-14-17(11-12-25)15-7-4-3-5-8-15/h3-10,13,17,19,25H,11-12,14H2,1-2H3,(H,23,24). The van der Waals surface area contributed by atoms with Crippen molar-refractivity contribution in [1.29, 1.82) is 0 Å². The van der Waals surface area contributed by atoms with Gasteiger partial charge in [0.2, 0.25) is 10.0 Å². The van der Waals surface area contributed by atoms with E-state index < -0.39 is 20.9 Å². The van der Waals surface area contributed by atoms with E-state index in [9.17, 15) is 13.5 Å². The molecule has 3 rings (SSSR count). The Kier molecular flexibility index (Phi) is 6.51. The number of amidine groups is 1. The van der Waals surface area contributed by atoms with Crippen LogP contribution < -0.4 is 4.72 Å². The van der Waals surface area contributed by atoms with Gasteiger partial charge >= 0.3 is 0 Å². The number of halogens is 1. The molecule has 2 aromatic rings. The second-order valence-electron chi connectivity index (χ2n) is 7.55. The summed E-state index contributed by atoms with van der Waals surface area (Å²) in [7, 11) is -3.79. The van der Waals surface area contributed by atoms with Crippen molar-refractivity contribution < 1.29 is 18.3 Å². The molecule has 2 N–H and O–H groups in total. The van der Waals surface area contributed by atoms with Crippen LogP contribution in [-0.2, 0) is 14.8 Å². The van der Waals surface area contributed by atoms with Crippen molar-refractivity contribution in [2.24, 2.45) is 4.99 Å². The third kappa shape index (κ3) is 5.10. The number of sulfonamides is 1. The van der Waals surface area contributed by atoms with Gasteiger partial charge in [-0.25, -0.2) is 18.1 Å². The number of nitrogens with one attached hydrogen (secondary N) is 1.